The maximum Gasteiger partial charge on any atom is 0.326 e. The second-order valence-electron chi connectivity index (χ2n) is 5.76. The topological polar surface area (TPSA) is 76.1 Å². The minimum Gasteiger partial charge on any atom is -0.493 e. The van der Waals surface area contributed by atoms with Crippen LogP contribution in [0.3, 0.4) is 0 Å². The number of hydrogen-bond donors (Lipinski definition) is 1. The molecular formula is C18H19NO5. The summed E-state index contributed by atoms with van der Waals surface area (Å²) in [6, 6.07) is 8.22. The summed E-state index contributed by atoms with van der Waals surface area (Å²) in [6.45, 7) is 0.472. The average molecular weight is 329 g/mol. The molecule has 1 amide bonds. The lowest BCUT2D eigenvalue weighted by molar-refractivity contribution is -0.141. The van der Waals surface area contributed by atoms with Gasteiger partial charge in [-0.2, -0.15) is 0 Å². The standard InChI is InChI=1S/C18H19NO5/c1-23-15-9-11-5-6-12(8-13(11)10-16(15)24-2)17(20)19-7-3-4-14(19)18(21)22/h5-6,8-10,14H,3-4,7H2,1-2H3,(H,21,22). The van der Waals surface area contributed by atoms with Gasteiger partial charge in [0.15, 0.2) is 11.5 Å². The summed E-state index contributed by atoms with van der Waals surface area (Å²) in [6.07, 6.45) is 1.21. The van der Waals surface area contributed by atoms with Gasteiger partial charge in [0, 0.05) is 12.1 Å². The van der Waals surface area contributed by atoms with Crippen LogP contribution in [0.4, 0.5) is 0 Å². The normalized spacial score (nSPS) is 17.1. The number of aliphatic carboxylic acids is 1. The predicted molar refractivity (Wildman–Crippen MR) is 88.7 cm³/mol. The molecule has 1 atom stereocenters. The van der Waals surface area contributed by atoms with Crippen molar-refractivity contribution < 1.29 is 24.2 Å². The first-order valence-corrected chi connectivity index (χ1v) is 7.74. The van der Waals surface area contributed by atoms with Gasteiger partial charge < -0.3 is 19.5 Å². The molecular weight excluding hydrogens is 310 g/mol. The molecule has 3 rings (SSSR count). The van der Waals surface area contributed by atoms with Gasteiger partial charge in [0.2, 0.25) is 0 Å². The summed E-state index contributed by atoms with van der Waals surface area (Å²) in [5.74, 6) is -0.00151. The monoisotopic (exact) mass is 329 g/mol. The summed E-state index contributed by atoms with van der Waals surface area (Å²) in [5.41, 5.74) is 0.475. The number of carbonyl (C=O) groups excluding carboxylic acids is 1. The lowest BCUT2D eigenvalue weighted by Gasteiger charge is -2.21. The number of rotatable bonds is 4. The van der Waals surface area contributed by atoms with Crippen molar-refractivity contribution in [3.63, 3.8) is 0 Å². The van der Waals surface area contributed by atoms with Gasteiger partial charge >= 0.3 is 5.97 Å². The van der Waals surface area contributed by atoms with Crippen molar-refractivity contribution in [3.05, 3.63) is 35.9 Å². The van der Waals surface area contributed by atoms with Crippen LogP contribution in [0.15, 0.2) is 30.3 Å². The molecule has 24 heavy (non-hydrogen) atoms. The van der Waals surface area contributed by atoms with Crippen LogP contribution in [0.5, 0.6) is 11.5 Å². The molecule has 1 aliphatic heterocycles. The lowest BCUT2D eigenvalue weighted by Crippen LogP contribution is -2.40. The van der Waals surface area contributed by atoms with Crippen LogP contribution in [0.1, 0.15) is 23.2 Å². The fourth-order valence-corrected chi connectivity index (χ4v) is 3.14. The van der Waals surface area contributed by atoms with E-state index in [2.05, 4.69) is 0 Å². The Bertz CT molecular complexity index is 801. The highest BCUT2D eigenvalue weighted by Crippen LogP contribution is 2.33. The molecule has 126 valence electrons. The Morgan fingerprint density at radius 2 is 1.75 bits per heavy atom. The minimum absolute atomic E-state index is 0.253. The quantitative estimate of drug-likeness (QED) is 0.933. The highest BCUT2D eigenvalue weighted by molar-refractivity contribution is 6.00. The molecule has 1 unspecified atom stereocenters. The number of fused-ring (bicyclic) bond motifs is 1. The van der Waals surface area contributed by atoms with Crippen molar-refractivity contribution in [3.8, 4) is 11.5 Å². The number of carboxylic acid groups (broad SMARTS) is 1. The molecule has 0 aliphatic carbocycles. The predicted octanol–water partition coefficient (Wildman–Crippen LogP) is 2.55. The summed E-state index contributed by atoms with van der Waals surface area (Å²) in [7, 11) is 3.13. The van der Waals surface area contributed by atoms with E-state index in [1.807, 2.05) is 18.2 Å². The molecule has 2 aromatic carbocycles. The van der Waals surface area contributed by atoms with Crippen molar-refractivity contribution >= 4 is 22.6 Å². The Labute approximate surface area is 139 Å². The first-order chi connectivity index (χ1) is 11.5. The number of ether oxygens (including phenoxy) is 2. The smallest absolute Gasteiger partial charge is 0.326 e. The number of nitrogens with zero attached hydrogens (tertiary/aromatic N) is 1. The molecule has 1 saturated heterocycles. The number of amides is 1. The zero-order valence-electron chi connectivity index (χ0n) is 13.6. The molecule has 0 bridgehead atoms. The molecule has 0 spiro atoms. The number of hydrogen-bond acceptors (Lipinski definition) is 4. The number of carboxylic acids is 1. The van der Waals surface area contributed by atoms with Crippen molar-refractivity contribution in [1.29, 1.82) is 0 Å². The van der Waals surface area contributed by atoms with E-state index in [1.54, 1.807) is 26.4 Å². The van der Waals surface area contributed by atoms with Crippen LogP contribution in [0.25, 0.3) is 10.8 Å². The summed E-state index contributed by atoms with van der Waals surface area (Å²) in [5, 5.41) is 11.0. The van der Waals surface area contributed by atoms with Gasteiger partial charge in [0.05, 0.1) is 14.2 Å². The number of likely N-dealkylation sites (tertiary alicyclic amines) is 1. The van der Waals surface area contributed by atoms with Gasteiger partial charge in [-0.1, -0.05) is 6.07 Å². The second-order valence-corrected chi connectivity index (χ2v) is 5.76. The van der Waals surface area contributed by atoms with E-state index in [0.29, 0.717) is 36.4 Å². The fraction of sp³-hybridized carbons (Fsp3) is 0.333. The maximum absolute atomic E-state index is 12.7. The van der Waals surface area contributed by atoms with Crippen LogP contribution < -0.4 is 9.47 Å². The number of benzene rings is 2. The Morgan fingerprint density at radius 3 is 2.38 bits per heavy atom. The van der Waals surface area contributed by atoms with Crippen LogP contribution in [-0.4, -0.2) is 48.7 Å². The highest BCUT2D eigenvalue weighted by Gasteiger charge is 2.34. The van der Waals surface area contributed by atoms with Gasteiger partial charge in [-0.15, -0.1) is 0 Å². The van der Waals surface area contributed by atoms with Crippen molar-refractivity contribution in [2.45, 2.75) is 18.9 Å². The van der Waals surface area contributed by atoms with Crippen molar-refractivity contribution in [2.24, 2.45) is 0 Å². The summed E-state index contributed by atoms with van der Waals surface area (Å²) < 4.78 is 10.6. The van der Waals surface area contributed by atoms with E-state index in [4.69, 9.17) is 9.47 Å². The molecule has 0 saturated carbocycles. The molecule has 1 heterocycles. The lowest BCUT2D eigenvalue weighted by atomic mass is 10.0. The minimum atomic E-state index is -0.951. The maximum atomic E-state index is 12.7. The Hall–Kier alpha value is -2.76. The van der Waals surface area contributed by atoms with Gasteiger partial charge in [-0.25, -0.2) is 4.79 Å². The Kier molecular flexibility index (Phi) is 4.29. The molecule has 0 radical (unpaired) electrons. The highest BCUT2D eigenvalue weighted by atomic mass is 16.5. The summed E-state index contributed by atoms with van der Waals surface area (Å²) >= 11 is 0. The van der Waals surface area contributed by atoms with E-state index in [9.17, 15) is 14.7 Å². The van der Waals surface area contributed by atoms with Crippen LogP contribution >= 0.6 is 0 Å². The molecule has 1 fully saturated rings. The molecule has 2 aromatic rings. The second kappa shape index (κ2) is 6.39. The van der Waals surface area contributed by atoms with Gasteiger partial charge in [-0.05, 0) is 47.9 Å². The molecule has 0 aromatic heterocycles. The van der Waals surface area contributed by atoms with Crippen LogP contribution in [0.2, 0.25) is 0 Å². The molecule has 6 heteroatoms. The zero-order chi connectivity index (χ0) is 17.3. The first kappa shape index (κ1) is 16.1. The van der Waals surface area contributed by atoms with Crippen molar-refractivity contribution in [2.75, 3.05) is 20.8 Å². The van der Waals surface area contributed by atoms with E-state index in [-0.39, 0.29) is 5.91 Å². The van der Waals surface area contributed by atoms with Crippen LogP contribution in [0, 0.1) is 0 Å². The van der Waals surface area contributed by atoms with E-state index < -0.39 is 12.0 Å². The van der Waals surface area contributed by atoms with Gasteiger partial charge in [0.25, 0.3) is 5.91 Å². The third-order valence-corrected chi connectivity index (χ3v) is 4.39. The zero-order valence-corrected chi connectivity index (χ0v) is 13.6. The van der Waals surface area contributed by atoms with Gasteiger partial charge in [-0.3, -0.25) is 4.79 Å². The molecule has 1 aliphatic rings. The number of methoxy groups -OCH3 is 2. The Balaban J connectivity index is 1.98. The average Bonchev–Trinajstić information content (AvgIpc) is 3.09. The van der Waals surface area contributed by atoms with Crippen molar-refractivity contribution in [1.82, 2.24) is 4.90 Å². The third-order valence-electron chi connectivity index (χ3n) is 4.39. The van der Waals surface area contributed by atoms with E-state index in [0.717, 1.165) is 10.8 Å². The molecule has 1 N–H and O–H groups in total. The van der Waals surface area contributed by atoms with Crippen LogP contribution in [-0.2, 0) is 4.79 Å². The largest absolute Gasteiger partial charge is 0.493 e. The fourth-order valence-electron chi connectivity index (χ4n) is 3.14. The van der Waals surface area contributed by atoms with Gasteiger partial charge in [0.1, 0.15) is 6.04 Å². The van der Waals surface area contributed by atoms with E-state index in [1.165, 1.54) is 4.90 Å². The summed E-state index contributed by atoms with van der Waals surface area (Å²) in [4.78, 5) is 25.4. The SMILES string of the molecule is COc1cc2ccc(C(=O)N3CCCC3C(=O)O)cc2cc1OC. The number of carbonyl (C=O) groups is 2. The third kappa shape index (κ3) is 2.75. The molecule has 6 nitrogen and oxygen atoms in total. The van der Waals surface area contributed by atoms with E-state index >= 15 is 0 Å². The first-order valence-electron chi connectivity index (χ1n) is 7.74. The Morgan fingerprint density at radius 1 is 1.08 bits per heavy atom.